The number of para-hydroxylation sites is 4. The zero-order chi connectivity index (χ0) is 32.6. The van der Waals surface area contributed by atoms with Crippen LogP contribution >= 0.6 is 0 Å². The van der Waals surface area contributed by atoms with Crippen molar-refractivity contribution >= 4 is 58.0 Å². The van der Waals surface area contributed by atoms with Crippen LogP contribution in [0.25, 0.3) is 33.7 Å². The van der Waals surface area contributed by atoms with Crippen molar-refractivity contribution in [2.45, 2.75) is 38.6 Å². The van der Waals surface area contributed by atoms with Crippen molar-refractivity contribution in [2.75, 3.05) is 11.4 Å². The first-order valence-corrected chi connectivity index (χ1v) is 17.5. The summed E-state index contributed by atoms with van der Waals surface area (Å²) in [4.78, 5) is 2.48. The van der Waals surface area contributed by atoms with Crippen LogP contribution in [0.1, 0.15) is 48.9 Å². The standard InChI is InChI=1S/C43H34BN4O/c1-3-11-26-12-8-15-29-32-19-10-21-37-45(32)24-31(40(44)39(26)29)43(2)25-46-38(23-22-36-42(46)48(37)34-18-6-7-20-35(34)49-36)47-33-17-5-4-13-27(33)28-14-9-16-30(43)41(28)47/h3-9,11-18,20-23,31H,10,19,24-25H2,1-2H3/q+2. The summed E-state index contributed by atoms with van der Waals surface area (Å²) in [5.41, 5.74) is 10.4. The molecule has 7 heterocycles. The minimum absolute atomic E-state index is 0.0134. The minimum atomic E-state index is -0.397. The molecule has 5 nitrogen and oxygen atoms in total. The molecule has 0 N–H and O–H groups in total. The number of hydrogen-bond acceptors (Lipinski definition) is 2. The van der Waals surface area contributed by atoms with Crippen molar-refractivity contribution in [2.24, 2.45) is 5.92 Å². The van der Waals surface area contributed by atoms with Crippen LogP contribution in [0.2, 0.25) is 0 Å². The van der Waals surface area contributed by atoms with Crippen LogP contribution in [0.5, 0.6) is 11.5 Å². The number of ether oxygens (including phenoxy) is 1. The van der Waals surface area contributed by atoms with Gasteiger partial charge in [0.2, 0.25) is 0 Å². The molecule has 49 heavy (non-hydrogen) atoms. The van der Waals surface area contributed by atoms with E-state index in [0.717, 1.165) is 60.2 Å². The number of fused-ring (bicyclic) bond motifs is 13. The van der Waals surface area contributed by atoms with Gasteiger partial charge in [-0.15, -0.1) is 0 Å². The van der Waals surface area contributed by atoms with E-state index in [1.807, 2.05) is 0 Å². The zero-order valence-electron chi connectivity index (χ0n) is 27.6. The molecule has 6 heteroatoms. The molecule has 4 bridgehead atoms. The molecular formula is C43H34BN4O+2. The van der Waals surface area contributed by atoms with Crippen LogP contribution in [0.4, 0.5) is 11.5 Å². The van der Waals surface area contributed by atoms with E-state index >= 15 is 0 Å². The SMILES string of the molecule is [B]=C1c2c(C=CC)cccc2C2=[N+]3CC1C1(C)C[n+]4c(ccc5c4N(C3=CCC2)c2ccccc2O5)-n2c3ccccc3c3cccc1c32. The van der Waals surface area contributed by atoms with E-state index in [-0.39, 0.29) is 5.92 Å². The molecule has 233 valence electrons. The summed E-state index contributed by atoms with van der Waals surface area (Å²) in [6, 6.07) is 35.4. The van der Waals surface area contributed by atoms with E-state index in [4.69, 9.17) is 12.2 Å². The number of aromatic nitrogens is 2. The van der Waals surface area contributed by atoms with E-state index in [1.54, 1.807) is 0 Å². The molecule has 2 unspecified atom stereocenters. The van der Waals surface area contributed by atoms with Crippen LogP contribution in [-0.2, 0) is 12.0 Å². The van der Waals surface area contributed by atoms with Gasteiger partial charge in [0.25, 0.3) is 0 Å². The van der Waals surface area contributed by atoms with Crippen molar-refractivity contribution in [3.63, 3.8) is 0 Å². The number of pyridine rings is 1. The fourth-order valence-corrected chi connectivity index (χ4v) is 9.71. The molecule has 5 aliphatic rings. The topological polar surface area (TPSA) is 24.3 Å². The third kappa shape index (κ3) is 3.39. The molecule has 4 aromatic carbocycles. The maximum absolute atomic E-state index is 7.70. The fraction of sp³-hybridized carbons (Fsp3) is 0.186. The van der Waals surface area contributed by atoms with E-state index in [2.05, 4.69) is 148 Å². The van der Waals surface area contributed by atoms with Crippen molar-refractivity contribution in [1.82, 2.24) is 4.57 Å². The molecule has 1 radical (unpaired) electrons. The van der Waals surface area contributed by atoms with Gasteiger partial charge < -0.3 is 0 Å². The first-order chi connectivity index (χ1) is 24.1. The Labute approximate surface area is 286 Å². The number of allylic oxidation sites excluding steroid dienone is 2. The van der Waals surface area contributed by atoms with Gasteiger partial charge in [-0.05, 0) is 0 Å². The number of hydrogen-bond donors (Lipinski definition) is 0. The van der Waals surface area contributed by atoms with Gasteiger partial charge in [-0.1, -0.05) is 0 Å². The molecule has 6 aromatic rings. The third-order valence-corrected chi connectivity index (χ3v) is 11.8. The van der Waals surface area contributed by atoms with Crippen LogP contribution in [0.3, 0.4) is 0 Å². The average molecular weight is 634 g/mol. The monoisotopic (exact) mass is 633 g/mol. The van der Waals surface area contributed by atoms with Crippen molar-refractivity contribution < 1.29 is 13.9 Å². The number of benzene rings is 4. The van der Waals surface area contributed by atoms with Gasteiger partial charge in [0.15, 0.2) is 0 Å². The summed E-state index contributed by atoms with van der Waals surface area (Å²) >= 11 is 0. The Morgan fingerprint density at radius 2 is 1.73 bits per heavy atom. The molecule has 11 rings (SSSR count). The normalized spacial score (nSPS) is 21.3. The van der Waals surface area contributed by atoms with Gasteiger partial charge in [0.05, 0.1) is 0 Å². The molecule has 0 fully saturated rings. The van der Waals surface area contributed by atoms with Crippen molar-refractivity contribution in [3.05, 3.63) is 137 Å². The Balaban J connectivity index is 1.36. The Kier molecular flexibility index (Phi) is 5.36. The Hall–Kier alpha value is -5.49. The predicted molar refractivity (Wildman–Crippen MR) is 198 cm³/mol. The molecular weight excluding hydrogens is 599 g/mol. The summed E-state index contributed by atoms with van der Waals surface area (Å²) in [5.74, 6) is 5.07. The van der Waals surface area contributed by atoms with Gasteiger partial charge in [-0.2, -0.15) is 0 Å². The van der Waals surface area contributed by atoms with Crippen LogP contribution in [0.15, 0.2) is 115 Å². The second-order valence-electron chi connectivity index (χ2n) is 14.3. The Morgan fingerprint density at radius 3 is 2.65 bits per heavy atom. The van der Waals surface area contributed by atoms with Crippen molar-refractivity contribution in [1.29, 1.82) is 0 Å². The molecule has 0 spiro atoms. The number of nitrogens with zero attached hydrogens (tertiary/aromatic N) is 4. The summed E-state index contributed by atoms with van der Waals surface area (Å²) in [6.07, 6.45) is 8.69. The molecule has 2 aromatic heterocycles. The van der Waals surface area contributed by atoms with E-state index in [1.165, 1.54) is 55.6 Å². The van der Waals surface area contributed by atoms with Gasteiger partial charge in [0, 0.05) is 0 Å². The summed E-state index contributed by atoms with van der Waals surface area (Å²) in [5, 5.41) is 2.53. The van der Waals surface area contributed by atoms with Crippen molar-refractivity contribution in [3.8, 4) is 17.3 Å². The quantitative estimate of drug-likeness (QED) is 0.135. The summed E-state index contributed by atoms with van der Waals surface area (Å²) in [7, 11) is 7.70. The maximum atomic E-state index is 7.70. The van der Waals surface area contributed by atoms with Crippen LogP contribution in [0, 0.1) is 5.92 Å². The molecule has 2 atom stereocenters. The molecule has 0 aliphatic carbocycles. The molecule has 0 saturated heterocycles. The van der Waals surface area contributed by atoms with Gasteiger partial charge in [0.1, 0.15) is 0 Å². The summed E-state index contributed by atoms with van der Waals surface area (Å²) < 4.78 is 14.4. The molecule has 5 aliphatic heterocycles. The number of rotatable bonds is 1. The molecule has 0 saturated carbocycles. The zero-order valence-corrected chi connectivity index (χ0v) is 27.6. The third-order valence-electron chi connectivity index (χ3n) is 11.8. The Morgan fingerprint density at radius 1 is 0.898 bits per heavy atom. The average Bonchev–Trinajstić information content (AvgIpc) is 3.35. The van der Waals surface area contributed by atoms with E-state index in [9.17, 15) is 0 Å². The fourth-order valence-electron chi connectivity index (χ4n) is 9.71. The van der Waals surface area contributed by atoms with E-state index in [0.29, 0.717) is 0 Å². The Bertz CT molecular complexity index is 2610. The first-order valence-electron chi connectivity index (χ1n) is 17.5. The van der Waals surface area contributed by atoms with Gasteiger partial charge in [-0.3, -0.25) is 0 Å². The van der Waals surface area contributed by atoms with Gasteiger partial charge >= 0.3 is 287 Å². The van der Waals surface area contributed by atoms with Crippen LogP contribution in [-0.4, -0.2) is 34.4 Å². The van der Waals surface area contributed by atoms with Crippen LogP contribution < -0.4 is 14.2 Å². The first kappa shape index (κ1) is 27.5. The second-order valence-corrected chi connectivity index (χ2v) is 14.3. The number of anilines is 2. The second kappa shape index (κ2) is 9.57. The van der Waals surface area contributed by atoms with Gasteiger partial charge in [-0.25, -0.2) is 0 Å². The predicted octanol–water partition coefficient (Wildman–Crippen LogP) is 8.09. The summed E-state index contributed by atoms with van der Waals surface area (Å²) in [6.45, 7) is 6.05. The van der Waals surface area contributed by atoms with E-state index < -0.39 is 5.41 Å². The molecule has 0 amide bonds.